The standard InChI is InChI=1S/C14H28N2/c1-3-12-6-8-13(9-7-12)15-11-14-5-4-10-16(14)2/h12-15H,3-11H2,1-2H3. The van der Waals surface area contributed by atoms with Crippen molar-refractivity contribution in [3.05, 3.63) is 0 Å². The van der Waals surface area contributed by atoms with Crippen LogP contribution < -0.4 is 5.32 Å². The first kappa shape index (κ1) is 12.4. The highest BCUT2D eigenvalue weighted by molar-refractivity contribution is 4.82. The predicted octanol–water partition coefficient (Wildman–Crippen LogP) is 2.64. The molecule has 0 spiro atoms. The van der Waals surface area contributed by atoms with Gasteiger partial charge in [0.1, 0.15) is 0 Å². The Morgan fingerprint density at radius 1 is 1.12 bits per heavy atom. The topological polar surface area (TPSA) is 15.3 Å². The van der Waals surface area contributed by atoms with Crippen LogP contribution in [0.5, 0.6) is 0 Å². The molecular formula is C14H28N2. The summed E-state index contributed by atoms with van der Waals surface area (Å²) < 4.78 is 0. The van der Waals surface area contributed by atoms with Crippen LogP contribution >= 0.6 is 0 Å². The highest BCUT2D eigenvalue weighted by Crippen LogP contribution is 2.26. The van der Waals surface area contributed by atoms with E-state index in [4.69, 9.17) is 0 Å². The van der Waals surface area contributed by atoms with Crippen LogP contribution in [0.4, 0.5) is 0 Å². The summed E-state index contributed by atoms with van der Waals surface area (Å²) in [6.45, 7) is 4.86. The molecule has 2 aliphatic rings. The lowest BCUT2D eigenvalue weighted by molar-refractivity contribution is 0.251. The van der Waals surface area contributed by atoms with Crippen LogP contribution in [0, 0.1) is 5.92 Å². The van der Waals surface area contributed by atoms with E-state index >= 15 is 0 Å². The normalized spacial score (nSPS) is 36.8. The number of likely N-dealkylation sites (tertiary alicyclic amines) is 1. The minimum Gasteiger partial charge on any atom is -0.312 e. The van der Waals surface area contributed by atoms with Gasteiger partial charge in [0, 0.05) is 18.6 Å². The van der Waals surface area contributed by atoms with Crippen LogP contribution in [0.15, 0.2) is 0 Å². The molecule has 2 heteroatoms. The van der Waals surface area contributed by atoms with E-state index in [2.05, 4.69) is 24.2 Å². The Morgan fingerprint density at radius 2 is 1.88 bits per heavy atom. The minimum atomic E-state index is 0.809. The van der Waals surface area contributed by atoms with E-state index in [1.807, 2.05) is 0 Å². The van der Waals surface area contributed by atoms with Crippen LogP contribution in [0.25, 0.3) is 0 Å². The molecule has 0 aromatic carbocycles. The Bertz CT molecular complexity index is 197. The molecular weight excluding hydrogens is 196 g/mol. The van der Waals surface area contributed by atoms with Crippen LogP contribution in [-0.2, 0) is 0 Å². The molecule has 1 aliphatic heterocycles. The Kier molecular flexibility index (Phi) is 4.66. The van der Waals surface area contributed by atoms with Gasteiger partial charge in [0.05, 0.1) is 0 Å². The summed E-state index contributed by atoms with van der Waals surface area (Å²) in [5, 5.41) is 3.80. The third-order valence-electron chi connectivity index (χ3n) is 4.74. The molecule has 1 heterocycles. The van der Waals surface area contributed by atoms with Gasteiger partial charge < -0.3 is 10.2 Å². The van der Waals surface area contributed by atoms with Gasteiger partial charge in [-0.25, -0.2) is 0 Å². The molecule has 16 heavy (non-hydrogen) atoms. The molecule has 1 aliphatic carbocycles. The van der Waals surface area contributed by atoms with Crippen molar-refractivity contribution >= 4 is 0 Å². The van der Waals surface area contributed by atoms with Crippen LogP contribution in [-0.4, -0.2) is 37.1 Å². The fourth-order valence-electron chi connectivity index (χ4n) is 3.31. The summed E-state index contributed by atoms with van der Waals surface area (Å²) in [5.41, 5.74) is 0. The molecule has 1 saturated heterocycles. The Morgan fingerprint density at radius 3 is 2.44 bits per heavy atom. The van der Waals surface area contributed by atoms with Gasteiger partial charge in [-0.15, -0.1) is 0 Å². The van der Waals surface area contributed by atoms with E-state index in [0.717, 1.165) is 18.0 Å². The summed E-state index contributed by atoms with van der Waals surface area (Å²) in [6, 6.07) is 1.63. The molecule has 0 radical (unpaired) electrons. The van der Waals surface area contributed by atoms with Crippen molar-refractivity contribution < 1.29 is 0 Å². The highest BCUT2D eigenvalue weighted by atomic mass is 15.2. The molecule has 0 aromatic rings. The summed E-state index contributed by atoms with van der Waals surface area (Å²) in [7, 11) is 2.27. The van der Waals surface area contributed by atoms with E-state index in [1.165, 1.54) is 58.0 Å². The van der Waals surface area contributed by atoms with Gasteiger partial charge in [-0.3, -0.25) is 0 Å². The molecule has 2 fully saturated rings. The molecule has 2 rings (SSSR count). The Labute approximate surface area is 101 Å². The fourth-order valence-corrected chi connectivity index (χ4v) is 3.31. The van der Waals surface area contributed by atoms with Crippen molar-refractivity contribution in [2.45, 2.75) is 64.0 Å². The van der Waals surface area contributed by atoms with Crippen LogP contribution in [0.3, 0.4) is 0 Å². The maximum atomic E-state index is 3.80. The summed E-state index contributed by atoms with van der Waals surface area (Å²) >= 11 is 0. The lowest BCUT2D eigenvalue weighted by atomic mass is 9.84. The molecule has 0 bridgehead atoms. The van der Waals surface area contributed by atoms with Crippen LogP contribution in [0.1, 0.15) is 51.9 Å². The monoisotopic (exact) mass is 224 g/mol. The molecule has 94 valence electrons. The maximum Gasteiger partial charge on any atom is 0.0218 e. The van der Waals surface area contributed by atoms with Crippen molar-refractivity contribution in [1.82, 2.24) is 10.2 Å². The predicted molar refractivity (Wildman–Crippen MR) is 69.7 cm³/mol. The second-order valence-corrected chi connectivity index (χ2v) is 5.81. The third kappa shape index (κ3) is 3.21. The summed E-state index contributed by atoms with van der Waals surface area (Å²) in [6.07, 6.45) is 9.91. The van der Waals surface area contributed by atoms with Crippen molar-refractivity contribution in [3.8, 4) is 0 Å². The van der Waals surface area contributed by atoms with Crippen LogP contribution in [0.2, 0.25) is 0 Å². The number of likely N-dealkylation sites (N-methyl/N-ethyl adjacent to an activating group) is 1. The molecule has 1 atom stereocenters. The average Bonchev–Trinajstić information content (AvgIpc) is 2.73. The SMILES string of the molecule is CCC1CCC(NCC2CCCN2C)CC1. The van der Waals surface area contributed by atoms with E-state index < -0.39 is 0 Å². The first-order valence-electron chi connectivity index (χ1n) is 7.23. The molecule has 1 unspecified atom stereocenters. The minimum absolute atomic E-state index is 0.809. The largest absolute Gasteiger partial charge is 0.312 e. The molecule has 1 N–H and O–H groups in total. The molecule has 0 amide bonds. The number of hydrogen-bond donors (Lipinski definition) is 1. The van der Waals surface area contributed by atoms with Crippen molar-refractivity contribution in [1.29, 1.82) is 0 Å². The lowest BCUT2D eigenvalue weighted by Gasteiger charge is -2.30. The number of nitrogens with one attached hydrogen (secondary N) is 1. The third-order valence-corrected chi connectivity index (χ3v) is 4.74. The smallest absolute Gasteiger partial charge is 0.0218 e. The molecule has 0 aromatic heterocycles. The van der Waals surface area contributed by atoms with Gasteiger partial charge in [-0.1, -0.05) is 13.3 Å². The van der Waals surface area contributed by atoms with Crippen molar-refractivity contribution in [2.24, 2.45) is 5.92 Å². The Hall–Kier alpha value is -0.0800. The number of hydrogen-bond acceptors (Lipinski definition) is 2. The van der Waals surface area contributed by atoms with Gasteiger partial charge in [0.25, 0.3) is 0 Å². The lowest BCUT2D eigenvalue weighted by Crippen LogP contribution is -2.41. The zero-order valence-electron chi connectivity index (χ0n) is 11.0. The van der Waals surface area contributed by atoms with Crippen molar-refractivity contribution in [3.63, 3.8) is 0 Å². The van der Waals surface area contributed by atoms with E-state index in [9.17, 15) is 0 Å². The zero-order valence-corrected chi connectivity index (χ0v) is 11.0. The van der Waals surface area contributed by atoms with Gasteiger partial charge in [-0.2, -0.15) is 0 Å². The number of nitrogens with zero attached hydrogens (tertiary/aromatic N) is 1. The van der Waals surface area contributed by atoms with Gasteiger partial charge in [0.2, 0.25) is 0 Å². The zero-order chi connectivity index (χ0) is 11.4. The fraction of sp³-hybridized carbons (Fsp3) is 1.00. The molecule has 2 nitrogen and oxygen atoms in total. The van der Waals surface area contributed by atoms with Gasteiger partial charge in [0.15, 0.2) is 0 Å². The second kappa shape index (κ2) is 6.02. The quantitative estimate of drug-likeness (QED) is 0.790. The first-order valence-corrected chi connectivity index (χ1v) is 7.23. The van der Waals surface area contributed by atoms with Gasteiger partial charge >= 0.3 is 0 Å². The van der Waals surface area contributed by atoms with E-state index in [1.54, 1.807) is 0 Å². The summed E-state index contributed by atoms with van der Waals surface area (Å²) in [5.74, 6) is 1.02. The molecule has 1 saturated carbocycles. The highest BCUT2D eigenvalue weighted by Gasteiger charge is 2.23. The average molecular weight is 224 g/mol. The van der Waals surface area contributed by atoms with Gasteiger partial charge in [-0.05, 0) is 58.0 Å². The number of rotatable bonds is 4. The van der Waals surface area contributed by atoms with E-state index in [-0.39, 0.29) is 0 Å². The maximum absolute atomic E-state index is 3.80. The second-order valence-electron chi connectivity index (χ2n) is 5.81. The van der Waals surface area contributed by atoms with E-state index in [0.29, 0.717) is 0 Å². The summed E-state index contributed by atoms with van der Waals surface area (Å²) in [4.78, 5) is 2.52. The van der Waals surface area contributed by atoms with Crippen molar-refractivity contribution in [2.75, 3.05) is 20.1 Å². The Balaban J connectivity index is 1.63. The first-order chi connectivity index (χ1) is 7.79.